The molecule has 196 valence electrons. The van der Waals surface area contributed by atoms with E-state index in [1.54, 1.807) is 24.3 Å². The van der Waals surface area contributed by atoms with Crippen molar-refractivity contribution in [2.24, 2.45) is 5.92 Å². The smallest absolute Gasteiger partial charge is 0.312 e. The predicted octanol–water partition coefficient (Wildman–Crippen LogP) is 1.52. The molecule has 2 fully saturated rings. The largest absolute Gasteiger partial charge is 0.477 e. The van der Waals surface area contributed by atoms with Crippen molar-refractivity contribution in [3.05, 3.63) is 36.2 Å². The molecular weight excluding hydrogens is 488 g/mol. The van der Waals surface area contributed by atoms with Crippen molar-refractivity contribution in [2.45, 2.75) is 6.43 Å². The van der Waals surface area contributed by atoms with Gasteiger partial charge < -0.3 is 24.2 Å². The fourth-order valence-corrected chi connectivity index (χ4v) is 4.30. The van der Waals surface area contributed by atoms with Gasteiger partial charge in [0.2, 0.25) is 11.8 Å². The van der Waals surface area contributed by atoms with Crippen molar-refractivity contribution in [2.75, 3.05) is 65.0 Å². The summed E-state index contributed by atoms with van der Waals surface area (Å²) in [7, 11) is 3.06. The van der Waals surface area contributed by atoms with Crippen LogP contribution in [0.15, 0.2) is 30.3 Å². The number of anilines is 1. The topological polar surface area (TPSA) is 106 Å². The minimum absolute atomic E-state index is 0.00913. The first-order valence-electron chi connectivity index (χ1n) is 11.9. The summed E-state index contributed by atoms with van der Waals surface area (Å²) in [5, 5.41) is 0. The van der Waals surface area contributed by atoms with Gasteiger partial charge in [-0.1, -0.05) is 12.1 Å². The molecule has 2 aromatic heterocycles. The number of nitrogens with zero attached hydrogens (tertiary/aromatic N) is 7. The zero-order chi connectivity index (χ0) is 26.1. The van der Waals surface area contributed by atoms with E-state index < -0.39 is 24.1 Å². The third-order valence-electron chi connectivity index (χ3n) is 6.28. The maximum atomic E-state index is 14.0. The Kier molecular flexibility index (Phi) is 6.87. The molecule has 0 unspecified atom stereocenters. The van der Waals surface area contributed by atoms with Crippen molar-refractivity contribution in [1.29, 1.82) is 0 Å². The Balaban J connectivity index is 1.41. The molecule has 4 heterocycles. The van der Waals surface area contributed by atoms with Crippen LogP contribution in [0.5, 0.6) is 5.88 Å². The molecule has 37 heavy (non-hydrogen) atoms. The molecule has 13 heteroatoms. The minimum Gasteiger partial charge on any atom is -0.477 e. The van der Waals surface area contributed by atoms with Crippen LogP contribution in [0, 0.1) is 5.92 Å². The van der Waals surface area contributed by atoms with Gasteiger partial charge in [0, 0.05) is 52.3 Å². The van der Waals surface area contributed by atoms with Gasteiger partial charge in [0.25, 0.3) is 6.43 Å². The second-order valence-electron chi connectivity index (χ2n) is 9.15. The number of amides is 2. The number of hydrogen-bond acceptors (Lipinski definition) is 8. The molecule has 0 spiro atoms. The van der Waals surface area contributed by atoms with Gasteiger partial charge in [-0.25, -0.2) is 13.8 Å². The molecule has 0 N–H and O–H groups in total. The van der Waals surface area contributed by atoms with Crippen LogP contribution < -0.4 is 9.64 Å². The van der Waals surface area contributed by atoms with Crippen molar-refractivity contribution >= 4 is 28.8 Å². The molecule has 2 aliphatic rings. The van der Waals surface area contributed by atoms with Crippen molar-refractivity contribution < 1.29 is 27.8 Å². The van der Waals surface area contributed by atoms with Crippen LogP contribution in [0.25, 0.3) is 16.9 Å². The molecule has 2 aliphatic heterocycles. The average Bonchev–Trinajstić information content (AvgIpc) is 3.27. The third kappa shape index (κ3) is 5.03. The Morgan fingerprint density at radius 3 is 2.57 bits per heavy atom. The number of aromatic nitrogens is 4. The number of carbonyl (C=O) groups excluding carboxylic acids is 2. The first-order chi connectivity index (χ1) is 17.8. The van der Waals surface area contributed by atoms with Crippen molar-refractivity contribution in [1.82, 2.24) is 29.3 Å². The molecule has 0 radical (unpaired) electrons. The number of carbonyl (C=O) groups is 2. The van der Waals surface area contributed by atoms with Crippen LogP contribution in [0.2, 0.25) is 0 Å². The normalized spacial score (nSPS) is 16.2. The second-order valence-corrected chi connectivity index (χ2v) is 9.15. The van der Waals surface area contributed by atoms with Crippen LogP contribution in [0.4, 0.5) is 14.7 Å². The number of imidazole rings is 1. The van der Waals surface area contributed by atoms with Crippen LogP contribution in [0.1, 0.15) is 12.2 Å². The van der Waals surface area contributed by atoms with Gasteiger partial charge >= 0.3 is 11.8 Å². The molecule has 0 bridgehead atoms. The molecule has 5 rings (SSSR count). The molecule has 3 aromatic rings. The number of hydrogen-bond donors (Lipinski definition) is 0. The highest BCUT2D eigenvalue weighted by molar-refractivity contribution is 6.34. The number of likely N-dealkylation sites (tertiary alicyclic amines) is 1. The predicted molar refractivity (Wildman–Crippen MR) is 129 cm³/mol. The first-order valence-corrected chi connectivity index (χ1v) is 11.9. The quantitative estimate of drug-likeness (QED) is 0.455. The van der Waals surface area contributed by atoms with Crippen LogP contribution in [0.3, 0.4) is 0 Å². The summed E-state index contributed by atoms with van der Waals surface area (Å²) in [5.74, 6) is -0.747. The zero-order valence-corrected chi connectivity index (χ0v) is 20.5. The average molecular weight is 516 g/mol. The second kappa shape index (κ2) is 10.2. The SMILES string of the molecule is CN(C)C(=O)C(=O)N1CC(COc2cc(-n3c(C(F)F)nc4ccccc43)nc(N3CCOCC3)n2)C1. The van der Waals surface area contributed by atoms with Gasteiger partial charge in [-0.15, -0.1) is 0 Å². The van der Waals surface area contributed by atoms with E-state index in [-0.39, 0.29) is 24.2 Å². The first kappa shape index (κ1) is 24.8. The van der Waals surface area contributed by atoms with E-state index in [0.29, 0.717) is 56.4 Å². The molecule has 11 nitrogen and oxygen atoms in total. The van der Waals surface area contributed by atoms with E-state index in [4.69, 9.17) is 9.47 Å². The Hall–Kier alpha value is -3.87. The molecule has 0 saturated carbocycles. The van der Waals surface area contributed by atoms with Crippen molar-refractivity contribution in [3.8, 4) is 11.7 Å². The summed E-state index contributed by atoms with van der Waals surface area (Å²) in [5.41, 5.74) is 0.924. The summed E-state index contributed by atoms with van der Waals surface area (Å²) < 4.78 is 40.7. The summed E-state index contributed by atoms with van der Waals surface area (Å²) >= 11 is 0. The number of fused-ring (bicyclic) bond motifs is 1. The number of alkyl halides is 2. The van der Waals surface area contributed by atoms with E-state index in [1.165, 1.54) is 34.5 Å². The monoisotopic (exact) mass is 515 g/mol. The highest BCUT2D eigenvalue weighted by Gasteiger charge is 2.35. The lowest BCUT2D eigenvalue weighted by Crippen LogP contribution is -2.55. The van der Waals surface area contributed by atoms with Gasteiger partial charge in [0.05, 0.1) is 30.9 Å². The summed E-state index contributed by atoms with van der Waals surface area (Å²) in [4.78, 5) is 41.9. The molecule has 0 atom stereocenters. The molecule has 2 saturated heterocycles. The number of ether oxygens (including phenoxy) is 2. The summed E-state index contributed by atoms with van der Waals surface area (Å²) in [6.07, 6.45) is -2.82. The molecule has 1 aromatic carbocycles. The Bertz CT molecular complexity index is 1300. The maximum absolute atomic E-state index is 14.0. The lowest BCUT2D eigenvalue weighted by atomic mass is 10.0. The van der Waals surface area contributed by atoms with Gasteiger partial charge in [0.15, 0.2) is 5.82 Å². The minimum atomic E-state index is -2.82. The van der Waals surface area contributed by atoms with Gasteiger partial charge in [-0.2, -0.15) is 9.97 Å². The number of morpholine rings is 1. The molecule has 2 amide bonds. The zero-order valence-electron chi connectivity index (χ0n) is 20.5. The number of halogens is 2. The van der Waals surface area contributed by atoms with E-state index >= 15 is 0 Å². The number of benzene rings is 1. The fraction of sp³-hybridized carbons (Fsp3) is 0.458. The number of para-hydroxylation sites is 2. The fourth-order valence-electron chi connectivity index (χ4n) is 4.30. The van der Waals surface area contributed by atoms with E-state index in [1.807, 2.05) is 4.90 Å². The standard InChI is InChI=1S/C24H27F2N7O4/c1-30(2)22(34)23(35)32-12-15(13-32)14-37-19-11-18(28-24(29-19)31-7-9-36-10-8-31)33-17-6-4-3-5-16(17)27-21(33)20(25)26/h3-6,11,15,20H,7-10,12-14H2,1-2H3. The molecular formula is C24H27F2N7O4. The van der Waals surface area contributed by atoms with E-state index in [2.05, 4.69) is 15.0 Å². The van der Waals surface area contributed by atoms with E-state index in [9.17, 15) is 18.4 Å². The van der Waals surface area contributed by atoms with Crippen LogP contribution in [-0.2, 0) is 14.3 Å². The molecule has 0 aliphatic carbocycles. The highest BCUT2D eigenvalue weighted by atomic mass is 19.3. The van der Waals surface area contributed by atoms with Crippen molar-refractivity contribution in [3.63, 3.8) is 0 Å². The highest BCUT2D eigenvalue weighted by Crippen LogP contribution is 2.30. The Morgan fingerprint density at radius 2 is 1.86 bits per heavy atom. The van der Waals surface area contributed by atoms with Gasteiger partial charge in [-0.3, -0.25) is 14.2 Å². The van der Waals surface area contributed by atoms with Crippen LogP contribution >= 0.6 is 0 Å². The van der Waals surface area contributed by atoms with Gasteiger partial charge in [0.1, 0.15) is 5.82 Å². The third-order valence-corrected chi connectivity index (χ3v) is 6.28. The number of likely N-dealkylation sites (N-methyl/N-ethyl adjacent to an activating group) is 1. The summed E-state index contributed by atoms with van der Waals surface area (Å²) in [6.45, 7) is 3.10. The summed E-state index contributed by atoms with van der Waals surface area (Å²) in [6, 6.07) is 8.38. The van der Waals surface area contributed by atoms with Crippen LogP contribution in [-0.4, -0.2) is 101 Å². The Morgan fingerprint density at radius 1 is 1.14 bits per heavy atom. The lowest BCUT2D eigenvalue weighted by molar-refractivity contribution is -0.154. The van der Waals surface area contributed by atoms with E-state index in [0.717, 1.165) is 0 Å². The van der Waals surface area contributed by atoms with Gasteiger partial charge in [-0.05, 0) is 12.1 Å². The number of rotatable bonds is 6. The maximum Gasteiger partial charge on any atom is 0.312 e. The Labute approximate surface area is 211 Å². The lowest BCUT2D eigenvalue weighted by Gasteiger charge is -2.38.